The van der Waals surface area contributed by atoms with Gasteiger partial charge in [0.15, 0.2) is 0 Å². The second kappa shape index (κ2) is 8.59. The van der Waals surface area contributed by atoms with Gasteiger partial charge in [-0.25, -0.2) is 0 Å². The Morgan fingerprint density at radius 2 is 2.12 bits per heavy atom. The van der Waals surface area contributed by atoms with E-state index in [4.69, 9.17) is 4.74 Å². The molecule has 2 aliphatic rings. The topological polar surface area (TPSA) is 41.6 Å². The Morgan fingerprint density at radius 3 is 2.69 bits per heavy atom. The van der Waals surface area contributed by atoms with Crippen molar-refractivity contribution in [2.45, 2.75) is 50.5 Å². The predicted molar refractivity (Wildman–Crippen MR) is 94.2 cm³/mol. The highest BCUT2D eigenvalue weighted by Gasteiger charge is 2.38. The standard InChI is InChI=1S/C18H23F3N2O2.ClH/c1-12(13-3-2-4-14(9-13)18(19,20)21)23(16-5-6-16)17(24)10-15-11-25-8-7-22-15;/h2-4,9,12,15-16,22H,5-8,10-11H2,1H3;1H. The number of carbonyl (C=O) groups excluding carboxylic acids is 1. The molecule has 0 spiro atoms. The van der Waals surface area contributed by atoms with Crippen LogP contribution in [0.5, 0.6) is 0 Å². The Bertz CT molecular complexity index is 617. The maximum atomic E-state index is 13.0. The number of ether oxygens (including phenoxy) is 1. The number of alkyl halides is 3. The molecule has 1 N–H and O–H groups in total. The molecule has 1 aliphatic carbocycles. The molecule has 1 heterocycles. The first-order valence-electron chi connectivity index (χ1n) is 8.65. The molecular weight excluding hydrogens is 369 g/mol. The van der Waals surface area contributed by atoms with Crippen LogP contribution in [0.3, 0.4) is 0 Å². The van der Waals surface area contributed by atoms with E-state index in [0.29, 0.717) is 31.7 Å². The molecule has 2 atom stereocenters. The first-order chi connectivity index (χ1) is 11.9. The molecule has 8 heteroatoms. The molecule has 2 unspecified atom stereocenters. The van der Waals surface area contributed by atoms with Crippen molar-refractivity contribution < 1.29 is 22.7 Å². The first-order valence-corrected chi connectivity index (χ1v) is 8.65. The summed E-state index contributed by atoms with van der Waals surface area (Å²) in [6, 6.07) is 4.98. The summed E-state index contributed by atoms with van der Waals surface area (Å²) in [6.07, 6.45) is -2.26. The number of rotatable bonds is 5. The van der Waals surface area contributed by atoms with Crippen LogP contribution in [0.1, 0.15) is 43.4 Å². The molecule has 1 amide bonds. The first kappa shape index (κ1) is 21.0. The molecular formula is C18H24ClF3N2O2. The van der Waals surface area contributed by atoms with Crippen molar-refractivity contribution in [3.63, 3.8) is 0 Å². The van der Waals surface area contributed by atoms with Crippen LogP contribution < -0.4 is 5.32 Å². The van der Waals surface area contributed by atoms with E-state index < -0.39 is 11.7 Å². The zero-order valence-corrected chi connectivity index (χ0v) is 15.4. The van der Waals surface area contributed by atoms with E-state index in [9.17, 15) is 18.0 Å². The van der Waals surface area contributed by atoms with Crippen molar-refractivity contribution in [2.24, 2.45) is 0 Å². The van der Waals surface area contributed by atoms with Crippen LogP contribution in [0.25, 0.3) is 0 Å². The smallest absolute Gasteiger partial charge is 0.378 e. The number of carbonyl (C=O) groups is 1. The van der Waals surface area contributed by atoms with Gasteiger partial charge in [0.1, 0.15) is 0 Å². The van der Waals surface area contributed by atoms with Gasteiger partial charge in [0.2, 0.25) is 5.91 Å². The predicted octanol–water partition coefficient (Wildman–Crippen LogP) is 3.56. The third-order valence-electron chi connectivity index (χ3n) is 4.76. The van der Waals surface area contributed by atoms with E-state index in [1.807, 2.05) is 0 Å². The van der Waals surface area contributed by atoms with Gasteiger partial charge in [-0.3, -0.25) is 4.79 Å². The number of benzene rings is 1. The molecule has 1 saturated heterocycles. The quantitative estimate of drug-likeness (QED) is 0.833. The minimum Gasteiger partial charge on any atom is -0.378 e. The van der Waals surface area contributed by atoms with Gasteiger partial charge in [0, 0.05) is 25.0 Å². The summed E-state index contributed by atoms with van der Waals surface area (Å²) in [4.78, 5) is 14.6. The van der Waals surface area contributed by atoms with Gasteiger partial charge in [-0.2, -0.15) is 13.2 Å². The van der Waals surface area contributed by atoms with Crippen LogP contribution in [0.4, 0.5) is 13.2 Å². The Morgan fingerprint density at radius 1 is 1.38 bits per heavy atom. The third-order valence-corrected chi connectivity index (χ3v) is 4.76. The summed E-state index contributed by atoms with van der Waals surface area (Å²) >= 11 is 0. The summed E-state index contributed by atoms with van der Waals surface area (Å²) < 4.78 is 44.3. The fourth-order valence-electron chi connectivity index (χ4n) is 3.29. The van der Waals surface area contributed by atoms with Crippen LogP contribution in [-0.4, -0.2) is 42.6 Å². The molecule has 26 heavy (non-hydrogen) atoms. The Hall–Kier alpha value is -1.31. The maximum Gasteiger partial charge on any atom is 0.416 e. The van der Waals surface area contributed by atoms with E-state index >= 15 is 0 Å². The summed E-state index contributed by atoms with van der Waals surface area (Å²) in [5, 5.41) is 3.25. The fraction of sp³-hybridized carbons (Fsp3) is 0.611. The van der Waals surface area contributed by atoms with E-state index in [1.54, 1.807) is 17.9 Å². The van der Waals surface area contributed by atoms with Crippen LogP contribution in [0.15, 0.2) is 24.3 Å². The zero-order valence-electron chi connectivity index (χ0n) is 14.6. The van der Waals surface area contributed by atoms with Gasteiger partial charge in [-0.15, -0.1) is 12.4 Å². The monoisotopic (exact) mass is 392 g/mol. The SMILES string of the molecule is CC(c1cccc(C(F)(F)F)c1)N(C(=O)CC1COCCN1)C1CC1.Cl. The molecule has 1 aromatic carbocycles. The maximum absolute atomic E-state index is 13.0. The molecule has 1 aliphatic heterocycles. The summed E-state index contributed by atoms with van der Waals surface area (Å²) in [5.41, 5.74) is -0.162. The Labute approximate surface area is 157 Å². The average molecular weight is 393 g/mol. The largest absolute Gasteiger partial charge is 0.416 e. The Balaban J connectivity index is 0.00000243. The number of nitrogens with zero attached hydrogens (tertiary/aromatic N) is 1. The van der Waals surface area contributed by atoms with Crippen molar-refractivity contribution >= 4 is 18.3 Å². The summed E-state index contributed by atoms with van der Waals surface area (Å²) in [6.45, 7) is 3.64. The summed E-state index contributed by atoms with van der Waals surface area (Å²) in [5.74, 6) is -0.0320. The molecule has 1 aromatic rings. The highest BCUT2D eigenvalue weighted by atomic mass is 35.5. The molecule has 0 radical (unpaired) electrons. The van der Waals surface area contributed by atoms with Gasteiger partial charge < -0.3 is 15.0 Å². The lowest BCUT2D eigenvalue weighted by atomic mass is 10.0. The van der Waals surface area contributed by atoms with Gasteiger partial charge in [0.05, 0.1) is 24.8 Å². The number of nitrogens with one attached hydrogen (secondary N) is 1. The van der Waals surface area contributed by atoms with E-state index in [0.717, 1.165) is 25.0 Å². The highest BCUT2D eigenvalue weighted by molar-refractivity contribution is 5.85. The van der Waals surface area contributed by atoms with Crippen molar-refractivity contribution in [3.05, 3.63) is 35.4 Å². The average Bonchev–Trinajstić information content (AvgIpc) is 3.40. The Kier molecular flexibility index (Phi) is 6.93. The fourth-order valence-corrected chi connectivity index (χ4v) is 3.29. The van der Waals surface area contributed by atoms with Crippen LogP contribution in [0.2, 0.25) is 0 Å². The summed E-state index contributed by atoms with van der Waals surface area (Å²) in [7, 11) is 0. The van der Waals surface area contributed by atoms with Gasteiger partial charge in [-0.1, -0.05) is 12.1 Å². The van der Waals surface area contributed by atoms with Crippen molar-refractivity contribution in [1.29, 1.82) is 0 Å². The van der Waals surface area contributed by atoms with Crippen LogP contribution in [-0.2, 0) is 15.7 Å². The molecule has 3 rings (SSSR count). The van der Waals surface area contributed by atoms with Crippen molar-refractivity contribution in [1.82, 2.24) is 10.2 Å². The van der Waals surface area contributed by atoms with Gasteiger partial charge >= 0.3 is 6.18 Å². The van der Waals surface area contributed by atoms with Crippen molar-refractivity contribution in [2.75, 3.05) is 19.8 Å². The van der Waals surface area contributed by atoms with Gasteiger partial charge in [-0.05, 0) is 37.5 Å². The number of hydrogen-bond acceptors (Lipinski definition) is 3. The number of halogens is 4. The normalized spacial score (nSPS) is 21.6. The molecule has 1 saturated carbocycles. The number of hydrogen-bond donors (Lipinski definition) is 1. The molecule has 0 bridgehead atoms. The second-order valence-electron chi connectivity index (χ2n) is 6.76. The highest BCUT2D eigenvalue weighted by Crippen LogP contribution is 2.37. The molecule has 2 fully saturated rings. The van der Waals surface area contributed by atoms with Crippen LogP contribution in [0, 0.1) is 0 Å². The lowest BCUT2D eigenvalue weighted by molar-refractivity contribution is -0.137. The van der Waals surface area contributed by atoms with Crippen molar-refractivity contribution in [3.8, 4) is 0 Å². The van der Waals surface area contributed by atoms with E-state index in [2.05, 4.69) is 5.32 Å². The minimum atomic E-state index is -4.38. The third kappa shape index (κ3) is 5.11. The molecule has 4 nitrogen and oxygen atoms in total. The van der Waals surface area contributed by atoms with E-state index in [-0.39, 0.29) is 36.4 Å². The number of amides is 1. The number of morpholine rings is 1. The van der Waals surface area contributed by atoms with Gasteiger partial charge in [0.25, 0.3) is 0 Å². The lowest BCUT2D eigenvalue weighted by Crippen LogP contribution is -2.46. The molecule has 146 valence electrons. The zero-order chi connectivity index (χ0) is 18.0. The van der Waals surface area contributed by atoms with Crippen LogP contribution >= 0.6 is 12.4 Å². The minimum absolute atomic E-state index is 0. The molecule has 0 aromatic heterocycles. The lowest BCUT2D eigenvalue weighted by Gasteiger charge is -2.32. The van der Waals surface area contributed by atoms with E-state index in [1.165, 1.54) is 6.07 Å². The second-order valence-corrected chi connectivity index (χ2v) is 6.76.